The van der Waals surface area contributed by atoms with Gasteiger partial charge >= 0.3 is 0 Å². The molecule has 0 aliphatic rings. The summed E-state index contributed by atoms with van der Waals surface area (Å²) in [4.78, 5) is 0. The van der Waals surface area contributed by atoms with Crippen LogP contribution in [0, 0.1) is 28.5 Å². The molecule has 0 amide bonds. The van der Waals surface area contributed by atoms with E-state index < -0.39 is 5.82 Å². The topological polar surface area (TPSA) is 56.8 Å². The second kappa shape index (κ2) is 5.66. The first-order valence-electron chi connectivity index (χ1n) is 5.55. The standard InChI is InChI=1S/C15H9FN2O/c16-14-6-5-11(8-17)13(7-14)10-19-15-4-2-1-3-12(15)9-18/h1-7H,10H2. The number of halogens is 1. The largest absolute Gasteiger partial charge is 0.487 e. The van der Waals surface area contributed by atoms with Crippen molar-refractivity contribution in [2.75, 3.05) is 0 Å². The van der Waals surface area contributed by atoms with Crippen LogP contribution in [0.25, 0.3) is 0 Å². The van der Waals surface area contributed by atoms with Gasteiger partial charge < -0.3 is 4.74 Å². The summed E-state index contributed by atoms with van der Waals surface area (Å²) >= 11 is 0. The molecule has 0 fully saturated rings. The maximum atomic E-state index is 13.1. The van der Waals surface area contributed by atoms with Crippen molar-refractivity contribution in [1.29, 1.82) is 10.5 Å². The lowest BCUT2D eigenvalue weighted by atomic mass is 10.1. The van der Waals surface area contributed by atoms with E-state index in [4.69, 9.17) is 15.3 Å². The van der Waals surface area contributed by atoms with E-state index in [1.54, 1.807) is 24.3 Å². The summed E-state index contributed by atoms with van der Waals surface area (Å²) < 4.78 is 18.6. The first-order chi connectivity index (χ1) is 9.24. The molecule has 0 spiro atoms. The van der Waals surface area contributed by atoms with E-state index in [9.17, 15) is 4.39 Å². The molecule has 2 aromatic rings. The van der Waals surface area contributed by atoms with Gasteiger partial charge in [-0.1, -0.05) is 12.1 Å². The van der Waals surface area contributed by atoms with E-state index in [1.807, 2.05) is 12.1 Å². The smallest absolute Gasteiger partial charge is 0.137 e. The minimum atomic E-state index is -0.425. The van der Waals surface area contributed by atoms with E-state index in [0.29, 0.717) is 22.4 Å². The van der Waals surface area contributed by atoms with Crippen molar-refractivity contribution in [3.05, 3.63) is 65.0 Å². The number of hydrogen-bond acceptors (Lipinski definition) is 3. The van der Waals surface area contributed by atoms with Crippen LogP contribution in [0.15, 0.2) is 42.5 Å². The van der Waals surface area contributed by atoms with Crippen LogP contribution in [0.1, 0.15) is 16.7 Å². The molecule has 19 heavy (non-hydrogen) atoms. The van der Waals surface area contributed by atoms with Crippen LogP contribution in [0.5, 0.6) is 5.75 Å². The van der Waals surface area contributed by atoms with E-state index in [-0.39, 0.29) is 6.61 Å². The number of benzene rings is 2. The summed E-state index contributed by atoms with van der Waals surface area (Å²) in [5.74, 6) is -0.00989. The Morgan fingerprint density at radius 2 is 1.74 bits per heavy atom. The van der Waals surface area contributed by atoms with Gasteiger partial charge in [-0.2, -0.15) is 10.5 Å². The Morgan fingerprint density at radius 1 is 1.00 bits per heavy atom. The average Bonchev–Trinajstić information content (AvgIpc) is 2.45. The van der Waals surface area contributed by atoms with E-state index in [1.165, 1.54) is 18.2 Å². The van der Waals surface area contributed by atoms with Gasteiger partial charge in [-0.3, -0.25) is 0 Å². The van der Waals surface area contributed by atoms with Gasteiger partial charge in [0, 0.05) is 5.56 Å². The molecule has 4 heteroatoms. The van der Waals surface area contributed by atoms with Crippen LogP contribution in [0.4, 0.5) is 4.39 Å². The minimum absolute atomic E-state index is 0.0410. The molecule has 0 heterocycles. The first kappa shape index (κ1) is 12.6. The Kier molecular flexibility index (Phi) is 3.75. The van der Waals surface area contributed by atoms with Crippen molar-refractivity contribution < 1.29 is 9.13 Å². The van der Waals surface area contributed by atoms with Crippen LogP contribution >= 0.6 is 0 Å². The fourth-order valence-electron chi connectivity index (χ4n) is 1.63. The molecule has 0 bridgehead atoms. The zero-order valence-electron chi connectivity index (χ0n) is 9.93. The van der Waals surface area contributed by atoms with Crippen LogP contribution in [-0.4, -0.2) is 0 Å². The molecule has 0 aliphatic heterocycles. The molecule has 0 atom stereocenters. The zero-order valence-corrected chi connectivity index (χ0v) is 9.93. The van der Waals surface area contributed by atoms with Gasteiger partial charge in [0.05, 0.1) is 17.2 Å². The summed E-state index contributed by atoms with van der Waals surface area (Å²) in [6, 6.07) is 14.6. The number of ether oxygens (including phenoxy) is 1. The molecule has 0 N–H and O–H groups in total. The summed E-state index contributed by atoms with van der Waals surface area (Å²) in [7, 11) is 0. The predicted molar refractivity (Wildman–Crippen MR) is 66.6 cm³/mol. The number of rotatable bonds is 3. The SMILES string of the molecule is N#Cc1ccc(F)cc1COc1ccccc1C#N. The van der Waals surface area contributed by atoms with Gasteiger partial charge in [-0.15, -0.1) is 0 Å². The average molecular weight is 252 g/mol. The number of para-hydroxylation sites is 1. The molecule has 2 aromatic carbocycles. The molecular weight excluding hydrogens is 243 g/mol. The quantitative estimate of drug-likeness (QED) is 0.843. The lowest BCUT2D eigenvalue weighted by molar-refractivity contribution is 0.304. The second-order valence-corrected chi connectivity index (χ2v) is 3.81. The lowest BCUT2D eigenvalue weighted by Gasteiger charge is -2.08. The minimum Gasteiger partial charge on any atom is -0.487 e. The van der Waals surface area contributed by atoms with Crippen LogP contribution in [-0.2, 0) is 6.61 Å². The Hall–Kier alpha value is -2.85. The normalized spacial score (nSPS) is 9.42. The summed E-state index contributed by atoms with van der Waals surface area (Å²) in [5, 5.41) is 17.8. The molecule has 3 nitrogen and oxygen atoms in total. The highest BCUT2D eigenvalue weighted by molar-refractivity contribution is 5.43. The van der Waals surface area contributed by atoms with Crippen LogP contribution in [0.2, 0.25) is 0 Å². The van der Waals surface area contributed by atoms with Gasteiger partial charge in [0.25, 0.3) is 0 Å². The highest BCUT2D eigenvalue weighted by atomic mass is 19.1. The van der Waals surface area contributed by atoms with E-state index >= 15 is 0 Å². The Balaban J connectivity index is 2.22. The Morgan fingerprint density at radius 3 is 2.47 bits per heavy atom. The molecule has 2 rings (SSSR count). The lowest BCUT2D eigenvalue weighted by Crippen LogP contribution is -2.00. The van der Waals surface area contributed by atoms with Crippen molar-refractivity contribution in [2.45, 2.75) is 6.61 Å². The molecule has 0 saturated heterocycles. The van der Waals surface area contributed by atoms with Crippen molar-refractivity contribution in [3.63, 3.8) is 0 Å². The van der Waals surface area contributed by atoms with Crippen molar-refractivity contribution >= 4 is 0 Å². The third-order valence-electron chi connectivity index (χ3n) is 2.58. The van der Waals surface area contributed by atoms with Gasteiger partial charge in [0.2, 0.25) is 0 Å². The third kappa shape index (κ3) is 2.88. The van der Waals surface area contributed by atoms with Gasteiger partial charge in [-0.05, 0) is 30.3 Å². The predicted octanol–water partition coefficient (Wildman–Crippen LogP) is 3.15. The number of nitrogens with zero attached hydrogens (tertiary/aromatic N) is 2. The van der Waals surface area contributed by atoms with Gasteiger partial charge in [0.1, 0.15) is 24.2 Å². The molecule has 0 saturated carbocycles. The maximum absolute atomic E-state index is 13.1. The van der Waals surface area contributed by atoms with Gasteiger partial charge in [0.15, 0.2) is 0 Å². The van der Waals surface area contributed by atoms with Crippen LogP contribution < -0.4 is 4.74 Å². The molecule has 0 aliphatic carbocycles. The summed E-state index contributed by atoms with van der Waals surface area (Å²) in [5.41, 5.74) is 1.21. The summed E-state index contributed by atoms with van der Waals surface area (Å²) in [6.07, 6.45) is 0. The van der Waals surface area contributed by atoms with Crippen molar-refractivity contribution in [3.8, 4) is 17.9 Å². The molecule has 0 aromatic heterocycles. The van der Waals surface area contributed by atoms with Crippen molar-refractivity contribution in [2.24, 2.45) is 0 Å². The number of nitriles is 2. The molecular formula is C15H9FN2O. The van der Waals surface area contributed by atoms with Gasteiger partial charge in [-0.25, -0.2) is 4.39 Å². The maximum Gasteiger partial charge on any atom is 0.137 e. The fourth-order valence-corrected chi connectivity index (χ4v) is 1.63. The van der Waals surface area contributed by atoms with E-state index in [2.05, 4.69) is 0 Å². The highest BCUT2D eigenvalue weighted by Gasteiger charge is 2.07. The molecule has 0 radical (unpaired) electrons. The summed E-state index contributed by atoms with van der Waals surface area (Å²) in [6.45, 7) is 0.0410. The monoisotopic (exact) mass is 252 g/mol. The van der Waals surface area contributed by atoms with E-state index in [0.717, 1.165) is 0 Å². The van der Waals surface area contributed by atoms with Crippen LogP contribution in [0.3, 0.4) is 0 Å². The second-order valence-electron chi connectivity index (χ2n) is 3.81. The molecule has 0 unspecified atom stereocenters. The first-order valence-corrected chi connectivity index (χ1v) is 5.55. The number of hydrogen-bond donors (Lipinski definition) is 0. The fraction of sp³-hybridized carbons (Fsp3) is 0.0667. The van der Waals surface area contributed by atoms with Crippen molar-refractivity contribution in [1.82, 2.24) is 0 Å². The third-order valence-corrected chi connectivity index (χ3v) is 2.58. The Bertz CT molecular complexity index is 683. The Labute approximate surface area is 110 Å². The molecule has 92 valence electrons. The highest BCUT2D eigenvalue weighted by Crippen LogP contribution is 2.19. The zero-order chi connectivity index (χ0) is 13.7.